The molecule has 106 valence electrons. The van der Waals surface area contributed by atoms with Crippen LogP contribution in [0, 0.1) is 12.7 Å². The van der Waals surface area contributed by atoms with E-state index >= 15 is 0 Å². The van der Waals surface area contributed by atoms with E-state index in [1.54, 1.807) is 0 Å². The Kier molecular flexibility index (Phi) is 5.16. The van der Waals surface area contributed by atoms with Crippen molar-refractivity contribution in [3.05, 3.63) is 70.0 Å². The molecule has 0 fully saturated rings. The summed E-state index contributed by atoms with van der Waals surface area (Å²) in [5.74, 6) is 0.0751. The minimum atomic E-state index is -0.203. The van der Waals surface area contributed by atoms with Crippen LogP contribution in [0.1, 0.15) is 22.6 Å². The van der Waals surface area contributed by atoms with Gasteiger partial charge in [0.2, 0.25) is 0 Å². The van der Waals surface area contributed by atoms with Crippen molar-refractivity contribution in [3.63, 3.8) is 0 Å². The zero-order valence-corrected chi connectivity index (χ0v) is 12.5. The van der Waals surface area contributed by atoms with Crippen molar-refractivity contribution < 1.29 is 4.39 Å². The molecule has 1 atom stereocenters. The van der Waals surface area contributed by atoms with Gasteiger partial charge in [-0.05, 0) is 55.3 Å². The molecular formula is C17H19ClFN. The third-order valence-corrected chi connectivity index (χ3v) is 3.82. The van der Waals surface area contributed by atoms with Gasteiger partial charge in [-0.25, -0.2) is 4.39 Å². The SMILES string of the molecule is CNCC(Cc1ccc(C)cc1Cl)c1ccc(F)cc1. The molecule has 2 aromatic rings. The summed E-state index contributed by atoms with van der Waals surface area (Å²) in [5, 5.41) is 3.99. The molecule has 1 nitrogen and oxygen atoms in total. The van der Waals surface area contributed by atoms with E-state index in [1.165, 1.54) is 12.1 Å². The summed E-state index contributed by atoms with van der Waals surface area (Å²) in [5.41, 5.74) is 3.41. The number of aryl methyl sites for hydroxylation is 1. The van der Waals surface area contributed by atoms with Crippen molar-refractivity contribution in [1.82, 2.24) is 5.32 Å². The number of benzene rings is 2. The summed E-state index contributed by atoms with van der Waals surface area (Å²) in [6, 6.07) is 12.8. The fraction of sp³-hybridized carbons (Fsp3) is 0.294. The molecule has 0 heterocycles. The second kappa shape index (κ2) is 6.87. The quantitative estimate of drug-likeness (QED) is 0.864. The molecule has 0 aromatic heterocycles. The molecule has 0 saturated carbocycles. The van der Waals surface area contributed by atoms with Gasteiger partial charge in [-0.15, -0.1) is 0 Å². The Morgan fingerprint density at radius 2 is 1.85 bits per heavy atom. The molecule has 0 amide bonds. The first-order valence-corrected chi connectivity index (χ1v) is 7.13. The summed E-state index contributed by atoms with van der Waals surface area (Å²) in [7, 11) is 1.92. The van der Waals surface area contributed by atoms with E-state index in [-0.39, 0.29) is 11.7 Å². The maximum absolute atomic E-state index is 13.0. The highest BCUT2D eigenvalue weighted by Gasteiger charge is 2.13. The lowest BCUT2D eigenvalue weighted by atomic mass is 9.91. The van der Waals surface area contributed by atoms with Crippen molar-refractivity contribution in [2.24, 2.45) is 0 Å². The van der Waals surface area contributed by atoms with Gasteiger partial charge in [0.15, 0.2) is 0 Å². The van der Waals surface area contributed by atoms with Crippen LogP contribution >= 0.6 is 11.6 Å². The molecule has 2 aromatic carbocycles. The van der Waals surface area contributed by atoms with E-state index in [9.17, 15) is 4.39 Å². The van der Waals surface area contributed by atoms with E-state index in [4.69, 9.17) is 11.6 Å². The lowest BCUT2D eigenvalue weighted by molar-refractivity contribution is 0.611. The van der Waals surface area contributed by atoms with Crippen LogP contribution in [0.15, 0.2) is 42.5 Å². The first-order valence-electron chi connectivity index (χ1n) is 6.75. The highest BCUT2D eigenvalue weighted by Crippen LogP contribution is 2.26. The Hall–Kier alpha value is -1.38. The second-order valence-electron chi connectivity index (χ2n) is 5.11. The average molecular weight is 292 g/mol. The van der Waals surface area contributed by atoms with Gasteiger partial charge in [0.25, 0.3) is 0 Å². The van der Waals surface area contributed by atoms with Gasteiger partial charge in [-0.1, -0.05) is 35.9 Å². The fourth-order valence-electron chi connectivity index (χ4n) is 2.37. The molecule has 1 N–H and O–H groups in total. The van der Waals surface area contributed by atoms with Gasteiger partial charge in [-0.2, -0.15) is 0 Å². The molecule has 3 heteroatoms. The molecule has 0 spiro atoms. The second-order valence-corrected chi connectivity index (χ2v) is 5.51. The van der Waals surface area contributed by atoms with Crippen LogP contribution in [0.5, 0.6) is 0 Å². The molecule has 20 heavy (non-hydrogen) atoms. The van der Waals surface area contributed by atoms with Crippen molar-refractivity contribution in [2.45, 2.75) is 19.3 Å². The highest BCUT2D eigenvalue weighted by molar-refractivity contribution is 6.31. The first kappa shape index (κ1) is 15.0. The van der Waals surface area contributed by atoms with Crippen LogP contribution in [-0.2, 0) is 6.42 Å². The lowest BCUT2D eigenvalue weighted by Gasteiger charge is -2.18. The number of likely N-dealkylation sites (N-methyl/N-ethyl adjacent to an activating group) is 1. The van der Waals surface area contributed by atoms with Crippen molar-refractivity contribution in [2.75, 3.05) is 13.6 Å². The summed E-state index contributed by atoms with van der Waals surface area (Å²) in [6.45, 7) is 2.86. The van der Waals surface area contributed by atoms with Gasteiger partial charge in [0.05, 0.1) is 0 Å². The van der Waals surface area contributed by atoms with Crippen LogP contribution in [0.4, 0.5) is 4.39 Å². The van der Waals surface area contributed by atoms with Crippen molar-refractivity contribution >= 4 is 11.6 Å². The van der Waals surface area contributed by atoms with E-state index in [0.29, 0.717) is 0 Å². The Bertz CT molecular complexity index is 566. The summed E-state index contributed by atoms with van der Waals surface area (Å²) in [4.78, 5) is 0. The number of hydrogen-bond donors (Lipinski definition) is 1. The molecule has 0 bridgehead atoms. The third kappa shape index (κ3) is 3.81. The molecule has 0 aliphatic rings. The van der Waals surface area contributed by atoms with Gasteiger partial charge >= 0.3 is 0 Å². The van der Waals surface area contributed by atoms with Crippen LogP contribution in [0.25, 0.3) is 0 Å². The Morgan fingerprint density at radius 3 is 2.45 bits per heavy atom. The monoisotopic (exact) mass is 291 g/mol. The zero-order chi connectivity index (χ0) is 14.5. The maximum Gasteiger partial charge on any atom is 0.123 e. The predicted octanol–water partition coefficient (Wildman–Crippen LogP) is 4.33. The predicted molar refractivity (Wildman–Crippen MR) is 83.0 cm³/mol. The number of halogens is 2. The Morgan fingerprint density at radius 1 is 1.15 bits per heavy atom. The number of hydrogen-bond acceptors (Lipinski definition) is 1. The molecule has 0 aliphatic carbocycles. The van der Waals surface area contributed by atoms with Crippen LogP contribution in [0.3, 0.4) is 0 Å². The molecule has 0 radical (unpaired) electrons. The summed E-state index contributed by atoms with van der Waals surface area (Å²) in [6.07, 6.45) is 0.839. The third-order valence-electron chi connectivity index (χ3n) is 3.47. The maximum atomic E-state index is 13.0. The van der Waals surface area contributed by atoms with Gasteiger partial charge < -0.3 is 5.32 Å². The zero-order valence-electron chi connectivity index (χ0n) is 11.8. The largest absolute Gasteiger partial charge is 0.319 e. The van der Waals surface area contributed by atoms with Gasteiger partial charge in [0, 0.05) is 17.5 Å². The van der Waals surface area contributed by atoms with Gasteiger partial charge in [-0.3, -0.25) is 0 Å². The van der Waals surface area contributed by atoms with E-state index in [0.717, 1.165) is 34.7 Å². The summed E-state index contributed by atoms with van der Waals surface area (Å²) < 4.78 is 13.0. The highest BCUT2D eigenvalue weighted by atomic mass is 35.5. The van der Waals surface area contributed by atoms with Crippen LogP contribution in [-0.4, -0.2) is 13.6 Å². The molecule has 0 aliphatic heterocycles. The topological polar surface area (TPSA) is 12.0 Å². The first-order chi connectivity index (χ1) is 9.60. The normalized spacial score (nSPS) is 12.4. The lowest BCUT2D eigenvalue weighted by Crippen LogP contribution is -2.19. The summed E-state index contributed by atoms with van der Waals surface area (Å²) >= 11 is 6.31. The van der Waals surface area contributed by atoms with E-state index in [1.807, 2.05) is 32.2 Å². The standard InChI is InChI=1S/C17H19ClFN/c1-12-3-4-14(17(18)9-12)10-15(11-20-2)13-5-7-16(19)8-6-13/h3-9,15,20H,10-11H2,1-2H3. The minimum absolute atomic E-state index is 0.203. The van der Waals surface area contributed by atoms with Crippen molar-refractivity contribution in [3.8, 4) is 0 Å². The van der Waals surface area contributed by atoms with E-state index in [2.05, 4.69) is 17.4 Å². The number of rotatable bonds is 5. The van der Waals surface area contributed by atoms with Gasteiger partial charge in [0.1, 0.15) is 5.82 Å². The van der Waals surface area contributed by atoms with E-state index < -0.39 is 0 Å². The van der Waals surface area contributed by atoms with Crippen LogP contribution in [0.2, 0.25) is 5.02 Å². The van der Waals surface area contributed by atoms with Crippen LogP contribution < -0.4 is 5.32 Å². The molecule has 2 rings (SSSR count). The number of nitrogens with one attached hydrogen (secondary N) is 1. The Balaban J connectivity index is 2.22. The molecule has 1 unspecified atom stereocenters. The van der Waals surface area contributed by atoms with Crippen molar-refractivity contribution in [1.29, 1.82) is 0 Å². The Labute approximate surface area is 124 Å². The average Bonchev–Trinajstić information content (AvgIpc) is 2.42. The minimum Gasteiger partial charge on any atom is -0.319 e. The molecule has 0 saturated heterocycles. The molecular weight excluding hydrogens is 273 g/mol. The fourth-order valence-corrected chi connectivity index (χ4v) is 2.68. The smallest absolute Gasteiger partial charge is 0.123 e.